The monoisotopic (exact) mass is 589 g/mol. The van der Waals surface area contributed by atoms with Crippen molar-refractivity contribution < 1.29 is 8.83 Å². The van der Waals surface area contributed by atoms with Crippen LogP contribution in [0.1, 0.15) is 0 Å². The Kier molecular flexibility index (Phi) is 4.52. The molecule has 0 aliphatic rings. The van der Waals surface area contributed by atoms with E-state index in [2.05, 4.69) is 149 Å². The molecule has 0 amide bonds. The molecular formula is C41H23N3O2. The fourth-order valence-electron chi connectivity index (χ4n) is 7.53. The molecule has 0 radical (unpaired) electrons. The van der Waals surface area contributed by atoms with Crippen LogP contribution in [0.15, 0.2) is 148 Å². The molecule has 0 N–H and O–H groups in total. The fraction of sp³-hybridized carbons (Fsp3) is 0. The second-order valence-corrected chi connectivity index (χ2v) is 12.0. The third-order valence-corrected chi connectivity index (χ3v) is 9.53. The lowest BCUT2D eigenvalue weighted by Gasteiger charge is -2.07. The van der Waals surface area contributed by atoms with Crippen LogP contribution in [0.4, 0.5) is 0 Å². The molecule has 0 bridgehead atoms. The molecule has 214 valence electrons. The molecule has 6 aromatic carbocycles. The van der Waals surface area contributed by atoms with Gasteiger partial charge < -0.3 is 18.0 Å². The third-order valence-electron chi connectivity index (χ3n) is 9.53. The molecule has 0 spiro atoms. The Balaban J connectivity index is 1.09. The minimum absolute atomic E-state index is 0.607. The summed E-state index contributed by atoms with van der Waals surface area (Å²) >= 11 is 0. The Hall–Kier alpha value is -6.33. The van der Waals surface area contributed by atoms with Gasteiger partial charge in [-0.15, -0.1) is 0 Å². The van der Waals surface area contributed by atoms with E-state index in [0.717, 1.165) is 49.8 Å². The van der Waals surface area contributed by atoms with E-state index in [-0.39, 0.29) is 0 Å². The molecule has 0 saturated carbocycles. The van der Waals surface area contributed by atoms with Crippen molar-refractivity contribution in [2.45, 2.75) is 0 Å². The van der Waals surface area contributed by atoms with E-state index >= 15 is 0 Å². The quantitative estimate of drug-likeness (QED) is 0.202. The average Bonchev–Trinajstić information content (AvgIpc) is 3.84. The first-order valence-electron chi connectivity index (χ1n) is 15.5. The smallest absolute Gasteiger partial charge is 0.228 e. The zero-order valence-electron chi connectivity index (χ0n) is 24.4. The van der Waals surface area contributed by atoms with Crippen molar-refractivity contribution in [1.82, 2.24) is 14.1 Å². The van der Waals surface area contributed by atoms with Gasteiger partial charge in [0.15, 0.2) is 5.58 Å². The van der Waals surface area contributed by atoms with Gasteiger partial charge in [-0.3, -0.25) is 0 Å². The van der Waals surface area contributed by atoms with Gasteiger partial charge in [0.05, 0.1) is 27.5 Å². The average molecular weight is 590 g/mol. The van der Waals surface area contributed by atoms with Crippen LogP contribution in [0.25, 0.3) is 99.1 Å². The van der Waals surface area contributed by atoms with Gasteiger partial charge in [0.1, 0.15) is 16.7 Å². The highest BCUT2D eigenvalue weighted by atomic mass is 16.3. The predicted octanol–water partition coefficient (Wildman–Crippen LogP) is 11.1. The molecule has 0 aliphatic carbocycles. The molecular weight excluding hydrogens is 566 g/mol. The van der Waals surface area contributed by atoms with Crippen LogP contribution in [0.3, 0.4) is 0 Å². The maximum Gasteiger partial charge on any atom is 0.228 e. The van der Waals surface area contributed by atoms with Gasteiger partial charge in [0, 0.05) is 55.8 Å². The summed E-state index contributed by atoms with van der Waals surface area (Å²) in [5.41, 5.74) is 10.5. The third kappa shape index (κ3) is 3.11. The summed E-state index contributed by atoms with van der Waals surface area (Å²) in [6.45, 7) is 0. The van der Waals surface area contributed by atoms with Gasteiger partial charge in [-0.1, -0.05) is 72.8 Å². The van der Waals surface area contributed by atoms with E-state index in [4.69, 9.17) is 13.8 Å². The number of rotatable bonds is 2. The lowest BCUT2D eigenvalue weighted by atomic mass is 10.1. The molecule has 5 aromatic heterocycles. The number of hydrogen-bond donors (Lipinski definition) is 0. The number of nitrogens with zero attached hydrogens (tertiary/aromatic N) is 3. The largest absolute Gasteiger partial charge is 0.454 e. The van der Waals surface area contributed by atoms with Gasteiger partial charge in [-0.25, -0.2) is 4.98 Å². The zero-order valence-corrected chi connectivity index (χ0v) is 24.4. The van der Waals surface area contributed by atoms with Gasteiger partial charge in [-0.05, 0) is 54.6 Å². The second-order valence-electron chi connectivity index (χ2n) is 12.0. The van der Waals surface area contributed by atoms with E-state index in [1.165, 1.54) is 43.6 Å². The van der Waals surface area contributed by atoms with Crippen LogP contribution in [0.5, 0.6) is 0 Å². The Morgan fingerprint density at radius 2 is 0.826 bits per heavy atom. The Bertz CT molecular complexity index is 2730. The molecule has 11 aromatic rings. The topological polar surface area (TPSA) is 49.0 Å². The van der Waals surface area contributed by atoms with Crippen LogP contribution >= 0.6 is 0 Å². The molecule has 46 heavy (non-hydrogen) atoms. The first kappa shape index (κ1) is 24.0. The highest BCUT2D eigenvalue weighted by molar-refractivity contribution is 6.14. The molecule has 0 unspecified atom stereocenters. The Morgan fingerprint density at radius 1 is 0.370 bits per heavy atom. The number of benzene rings is 6. The van der Waals surface area contributed by atoms with E-state index in [1.54, 1.807) is 0 Å². The number of pyridine rings is 1. The molecule has 0 atom stereocenters. The van der Waals surface area contributed by atoms with E-state index in [0.29, 0.717) is 5.71 Å². The van der Waals surface area contributed by atoms with E-state index < -0.39 is 0 Å². The van der Waals surface area contributed by atoms with Gasteiger partial charge in [-0.2, -0.15) is 0 Å². The van der Waals surface area contributed by atoms with Crippen LogP contribution < -0.4 is 0 Å². The highest BCUT2D eigenvalue weighted by Crippen LogP contribution is 2.39. The number of para-hydroxylation sites is 4. The summed E-state index contributed by atoms with van der Waals surface area (Å²) < 4.78 is 17.6. The number of aromatic nitrogens is 3. The minimum atomic E-state index is 0.607. The summed E-state index contributed by atoms with van der Waals surface area (Å²) in [4.78, 5) is 5.01. The maximum absolute atomic E-state index is 6.50. The zero-order chi connectivity index (χ0) is 29.9. The second kappa shape index (κ2) is 8.65. The lowest BCUT2D eigenvalue weighted by molar-refractivity contribution is 0.652. The van der Waals surface area contributed by atoms with Crippen molar-refractivity contribution >= 4 is 87.7 Å². The maximum atomic E-state index is 6.50. The van der Waals surface area contributed by atoms with Crippen molar-refractivity contribution in [3.63, 3.8) is 0 Å². The number of fused-ring (bicyclic) bond motifs is 12. The van der Waals surface area contributed by atoms with Crippen molar-refractivity contribution in [1.29, 1.82) is 0 Å². The predicted molar refractivity (Wildman–Crippen MR) is 187 cm³/mol. The van der Waals surface area contributed by atoms with Crippen molar-refractivity contribution in [3.05, 3.63) is 140 Å². The molecule has 0 fully saturated rings. The van der Waals surface area contributed by atoms with Gasteiger partial charge in [0.2, 0.25) is 5.71 Å². The fourth-order valence-corrected chi connectivity index (χ4v) is 7.53. The van der Waals surface area contributed by atoms with Crippen LogP contribution in [0, 0.1) is 0 Å². The van der Waals surface area contributed by atoms with Gasteiger partial charge >= 0.3 is 0 Å². The Morgan fingerprint density at radius 3 is 1.35 bits per heavy atom. The first-order chi connectivity index (χ1) is 22.8. The standard InChI is InChI=1S/C41H23N3O2/c1-5-13-33-26(9-1)27-10-2-6-14-34(27)43(33)24-17-19-30-32-23-39-40(42-41(32)46-37(30)21-24)31-20-18-25(22-38(31)45-39)44-35-15-7-3-11-28(35)29-12-4-8-16-36(29)44/h1-23H. The van der Waals surface area contributed by atoms with Crippen LogP contribution in [-0.4, -0.2) is 14.1 Å². The molecule has 5 heterocycles. The van der Waals surface area contributed by atoms with Crippen molar-refractivity contribution in [2.75, 3.05) is 0 Å². The minimum Gasteiger partial charge on any atom is -0.454 e. The summed E-state index contributed by atoms with van der Waals surface area (Å²) in [6, 6.07) is 49.0. The summed E-state index contributed by atoms with van der Waals surface area (Å²) in [5, 5.41) is 7.86. The Labute approximate surface area is 261 Å². The van der Waals surface area contributed by atoms with E-state index in [1.807, 2.05) is 0 Å². The van der Waals surface area contributed by atoms with Crippen molar-refractivity contribution in [2.24, 2.45) is 0 Å². The SMILES string of the molecule is c1ccc2c(c1)c1ccccc1n2-c1ccc2c(c1)oc1nc3c(cc12)oc1cc(-n2c4ccccc4c4ccccc42)ccc13. The number of hydrogen-bond acceptors (Lipinski definition) is 3. The van der Waals surface area contributed by atoms with Crippen LogP contribution in [0.2, 0.25) is 0 Å². The summed E-state index contributed by atoms with van der Waals surface area (Å²) in [6.07, 6.45) is 0. The summed E-state index contributed by atoms with van der Waals surface area (Å²) in [5.74, 6) is 0. The van der Waals surface area contributed by atoms with Crippen molar-refractivity contribution in [3.8, 4) is 11.4 Å². The molecule has 0 saturated heterocycles. The summed E-state index contributed by atoms with van der Waals surface area (Å²) in [7, 11) is 0. The lowest BCUT2D eigenvalue weighted by Crippen LogP contribution is -1.93. The normalized spacial score (nSPS) is 12.3. The number of furan rings is 2. The molecule has 5 nitrogen and oxygen atoms in total. The highest BCUT2D eigenvalue weighted by Gasteiger charge is 2.18. The van der Waals surface area contributed by atoms with Crippen LogP contribution in [-0.2, 0) is 0 Å². The molecule has 11 rings (SSSR count). The molecule has 0 aliphatic heterocycles. The van der Waals surface area contributed by atoms with E-state index in [9.17, 15) is 0 Å². The first-order valence-corrected chi connectivity index (χ1v) is 15.5. The molecule has 5 heteroatoms. The van der Waals surface area contributed by atoms with Gasteiger partial charge in [0.25, 0.3) is 0 Å².